The van der Waals surface area contributed by atoms with Crippen LogP contribution in [0.15, 0.2) is 76.4 Å². The molecule has 0 bridgehead atoms. The van der Waals surface area contributed by atoms with Gasteiger partial charge in [0.05, 0.1) is 23.4 Å². The molecule has 190 valence electrons. The number of aromatic hydroxyl groups is 1. The summed E-state index contributed by atoms with van der Waals surface area (Å²) in [5, 5.41) is 21.3. The van der Waals surface area contributed by atoms with Gasteiger partial charge in [0.1, 0.15) is 17.1 Å². The molecule has 0 radical (unpaired) electrons. The summed E-state index contributed by atoms with van der Waals surface area (Å²) in [5.74, 6) is -4.12. The van der Waals surface area contributed by atoms with Crippen molar-refractivity contribution < 1.29 is 37.7 Å². The number of nitrogens with zero attached hydrogens (tertiary/aromatic N) is 2. The molecule has 0 aliphatic carbocycles. The number of Topliss-reactive ketones (excluding diaryl/α,β-unsaturated/α-hetero) is 1. The number of fused-ring (bicyclic) bond motifs is 2. The number of para-hydroxylation sites is 1. The first-order valence-corrected chi connectivity index (χ1v) is 12.0. The van der Waals surface area contributed by atoms with Crippen LogP contribution in [0.2, 0.25) is 0 Å². The maximum atomic E-state index is 14.4. The number of carbonyl (C=O) groups is 2. The minimum Gasteiger partial charge on any atom is -0.508 e. The van der Waals surface area contributed by atoms with Gasteiger partial charge < -0.3 is 19.4 Å². The fraction of sp³-hybridized carbons (Fsp3) is 0.0741. The Labute approximate surface area is 216 Å². The van der Waals surface area contributed by atoms with Crippen molar-refractivity contribution in [3.63, 3.8) is 0 Å². The van der Waals surface area contributed by atoms with E-state index in [1.807, 2.05) is 0 Å². The molecule has 2 N–H and O–H groups in total. The summed E-state index contributed by atoms with van der Waals surface area (Å²) in [6.45, 7) is 0. The molecule has 1 amide bonds. The van der Waals surface area contributed by atoms with Gasteiger partial charge in [0.25, 0.3) is 5.91 Å². The number of thiazole rings is 1. The fourth-order valence-electron chi connectivity index (χ4n) is 4.50. The van der Waals surface area contributed by atoms with Gasteiger partial charge in [-0.25, -0.2) is 13.8 Å². The molecule has 1 aliphatic rings. The second-order valence-electron chi connectivity index (χ2n) is 8.48. The van der Waals surface area contributed by atoms with Crippen LogP contribution in [0.1, 0.15) is 22.2 Å². The zero-order chi connectivity index (χ0) is 26.7. The van der Waals surface area contributed by atoms with E-state index in [0.29, 0.717) is 28.3 Å². The molecule has 6 rings (SSSR count). The number of benzene rings is 3. The van der Waals surface area contributed by atoms with Gasteiger partial charge in [-0.3, -0.25) is 14.5 Å². The number of aliphatic hydroxyl groups excluding tert-OH is 1. The molecule has 0 fully saturated rings. The number of phenols is 1. The number of carbonyl (C=O) groups excluding carboxylic acids is 2. The van der Waals surface area contributed by atoms with Gasteiger partial charge >= 0.3 is 0 Å². The Bertz CT molecular complexity index is 1810. The Balaban J connectivity index is 1.52. The maximum Gasteiger partial charge on any atom is 0.296 e. The monoisotopic (exact) mass is 534 g/mol. The zero-order valence-corrected chi connectivity index (χ0v) is 20.3. The fourth-order valence-corrected chi connectivity index (χ4v) is 5.53. The second kappa shape index (κ2) is 8.67. The number of hydrogen-bond acceptors (Lipinski definition) is 8. The number of furan rings is 1. The zero-order valence-electron chi connectivity index (χ0n) is 19.4. The van der Waals surface area contributed by atoms with Crippen molar-refractivity contribution in [3.05, 3.63) is 95.0 Å². The summed E-state index contributed by atoms with van der Waals surface area (Å²) in [6.07, 6.45) is 0. The number of amides is 1. The van der Waals surface area contributed by atoms with Gasteiger partial charge in [0, 0.05) is 11.5 Å². The molecule has 5 aromatic rings. The van der Waals surface area contributed by atoms with E-state index in [9.17, 15) is 28.6 Å². The lowest BCUT2D eigenvalue weighted by Gasteiger charge is -2.24. The van der Waals surface area contributed by atoms with Gasteiger partial charge in [-0.15, -0.1) is 0 Å². The summed E-state index contributed by atoms with van der Waals surface area (Å²) in [4.78, 5) is 32.4. The number of methoxy groups -OCH3 is 1. The number of hydrogen-bond donors (Lipinski definition) is 2. The lowest BCUT2D eigenvalue weighted by atomic mass is 9.95. The van der Waals surface area contributed by atoms with Gasteiger partial charge in [0.2, 0.25) is 5.78 Å². The number of anilines is 1. The van der Waals surface area contributed by atoms with Crippen molar-refractivity contribution >= 4 is 49.3 Å². The van der Waals surface area contributed by atoms with Crippen LogP contribution in [-0.4, -0.2) is 34.0 Å². The third-order valence-electron chi connectivity index (χ3n) is 6.22. The van der Waals surface area contributed by atoms with Gasteiger partial charge in [0.15, 0.2) is 33.8 Å². The molecule has 2 aromatic heterocycles. The molecule has 0 spiro atoms. The highest BCUT2D eigenvalue weighted by molar-refractivity contribution is 7.22. The summed E-state index contributed by atoms with van der Waals surface area (Å²) in [6, 6.07) is 12.8. The highest BCUT2D eigenvalue weighted by Crippen LogP contribution is 2.45. The van der Waals surface area contributed by atoms with Gasteiger partial charge in [-0.05, 0) is 35.9 Å². The Hall–Kier alpha value is -4.77. The molecule has 0 saturated heterocycles. The van der Waals surface area contributed by atoms with Crippen LogP contribution in [0.25, 0.3) is 21.2 Å². The van der Waals surface area contributed by atoms with Crippen molar-refractivity contribution in [2.75, 3.05) is 12.0 Å². The van der Waals surface area contributed by atoms with E-state index in [1.54, 1.807) is 18.2 Å². The molecule has 1 unspecified atom stereocenters. The van der Waals surface area contributed by atoms with Crippen molar-refractivity contribution in [1.82, 2.24) is 4.98 Å². The molecular formula is C27H16F2N2O6S. The van der Waals surface area contributed by atoms with Crippen LogP contribution >= 0.6 is 11.3 Å². The Kier molecular flexibility index (Phi) is 5.39. The topological polar surface area (TPSA) is 113 Å². The number of aromatic nitrogens is 1. The Morgan fingerprint density at radius 2 is 1.87 bits per heavy atom. The summed E-state index contributed by atoms with van der Waals surface area (Å²) < 4.78 is 39.4. The standard InChI is InChI=1S/C27H16F2N2O6S/c1-36-17-4-2-3-13-9-18(37-25(13)17)23(33)20-22(12-5-7-15(32)8-6-12)31(26(35)24(20)34)27-30-21-16(29)10-14(28)11-19(21)38-27/h2-11,22,32,34H,1H3. The van der Waals surface area contributed by atoms with Crippen LogP contribution in [0.4, 0.5) is 13.9 Å². The predicted molar refractivity (Wildman–Crippen MR) is 135 cm³/mol. The van der Waals surface area contributed by atoms with E-state index in [2.05, 4.69) is 4.98 Å². The highest BCUT2D eigenvalue weighted by atomic mass is 32.1. The maximum absolute atomic E-state index is 14.4. The largest absolute Gasteiger partial charge is 0.508 e. The molecule has 0 saturated carbocycles. The van der Waals surface area contributed by atoms with Gasteiger partial charge in [-0.1, -0.05) is 35.6 Å². The Morgan fingerprint density at radius 1 is 1.11 bits per heavy atom. The highest BCUT2D eigenvalue weighted by Gasteiger charge is 2.46. The number of phenolic OH excluding ortho intramolecular Hbond substituents is 1. The normalized spacial score (nSPS) is 15.7. The quantitative estimate of drug-likeness (QED) is 0.273. The number of ether oxygens (including phenoxy) is 1. The van der Waals surface area contributed by atoms with Crippen LogP contribution in [0.3, 0.4) is 0 Å². The van der Waals surface area contributed by atoms with Crippen molar-refractivity contribution in [2.45, 2.75) is 6.04 Å². The first-order chi connectivity index (χ1) is 18.3. The van der Waals surface area contributed by atoms with Crippen LogP contribution < -0.4 is 9.64 Å². The van der Waals surface area contributed by atoms with Crippen molar-refractivity contribution in [3.8, 4) is 11.5 Å². The molecule has 3 heterocycles. The van der Waals surface area contributed by atoms with E-state index in [1.165, 1.54) is 37.4 Å². The second-order valence-corrected chi connectivity index (χ2v) is 9.49. The minimum absolute atomic E-state index is 0.0619. The molecule has 8 nitrogen and oxygen atoms in total. The minimum atomic E-state index is -1.21. The first kappa shape index (κ1) is 23.6. The number of rotatable bonds is 5. The molecule has 11 heteroatoms. The molecular weight excluding hydrogens is 518 g/mol. The molecule has 3 aromatic carbocycles. The van der Waals surface area contributed by atoms with E-state index >= 15 is 0 Å². The van der Waals surface area contributed by atoms with Crippen molar-refractivity contribution in [2.24, 2.45) is 0 Å². The van der Waals surface area contributed by atoms with Gasteiger partial charge in [-0.2, -0.15) is 0 Å². The summed E-state index contributed by atoms with van der Waals surface area (Å²) in [7, 11) is 1.45. The number of aliphatic hydroxyl groups is 1. The van der Waals surface area contributed by atoms with Crippen molar-refractivity contribution in [1.29, 1.82) is 0 Å². The number of ketones is 1. The third kappa shape index (κ3) is 3.58. The predicted octanol–water partition coefficient (Wildman–Crippen LogP) is 5.82. The smallest absolute Gasteiger partial charge is 0.296 e. The number of halogens is 2. The molecule has 1 atom stereocenters. The first-order valence-electron chi connectivity index (χ1n) is 11.2. The Morgan fingerprint density at radius 3 is 2.61 bits per heavy atom. The van der Waals surface area contributed by atoms with Crippen LogP contribution in [0, 0.1) is 11.6 Å². The van der Waals surface area contributed by atoms with E-state index in [0.717, 1.165) is 22.3 Å². The average Bonchev–Trinajstić information content (AvgIpc) is 3.58. The average molecular weight is 534 g/mol. The third-order valence-corrected chi connectivity index (χ3v) is 7.22. The lowest BCUT2D eigenvalue weighted by molar-refractivity contribution is -0.117. The molecule has 1 aliphatic heterocycles. The summed E-state index contributed by atoms with van der Waals surface area (Å²) >= 11 is 0.824. The van der Waals surface area contributed by atoms with Crippen LogP contribution in [0.5, 0.6) is 11.5 Å². The van der Waals surface area contributed by atoms with Crippen LogP contribution in [-0.2, 0) is 4.79 Å². The molecule has 38 heavy (non-hydrogen) atoms. The van der Waals surface area contributed by atoms with E-state index < -0.39 is 35.1 Å². The van der Waals surface area contributed by atoms with E-state index in [4.69, 9.17) is 9.15 Å². The van der Waals surface area contributed by atoms with E-state index in [-0.39, 0.29) is 32.4 Å². The lowest BCUT2D eigenvalue weighted by Crippen LogP contribution is -2.30. The summed E-state index contributed by atoms with van der Waals surface area (Å²) in [5.41, 5.74) is 0.199. The SMILES string of the molecule is COc1cccc2cc(C(=O)C3=C(O)C(=O)N(c4nc5c(F)cc(F)cc5s4)C3c3ccc(O)cc3)oc12.